The largest absolute Gasteiger partial charge is 0.304 e. The number of likely N-dealkylation sites (tertiary alicyclic amines) is 1. The average molecular weight is 402 g/mol. The van der Waals surface area contributed by atoms with Crippen LogP contribution in [0.2, 0.25) is 0 Å². The standard InChI is InChI=1S/C18H29N3.C6H14N2/c1-16-3-5-17(6-4-16)15-20-9-7-18(8-10-20)21-13-11-19(2)12-14-21;1-7-3-5-8(2)6-4-7/h3-6,18H,7-15H2,1-2H3;3-6H2,1-2H3. The van der Waals surface area contributed by atoms with Gasteiger partial charge in [0.05, 0.1) is 0 Å². The van der Waals surface area contributed by atoms with Gasteiger partial charge in [-0.3, -0.25) is 9.80 Å². The van der Waals surface area contributed by atoms with Gasteiger partial charge >= 0.3 is 0 Å². The summed E-state index contributed by atoms with van der Waals surface area (Å²) in [7, 11) is 6.58. The van der Waals surface area contributed by atoms with Crippen LogP contribution in [0.3, 0.4) is 0 Å². The van der Waals surface area contributed by atoms with E-state index in [1.54, 1.807) is 0 Å². The van der Waals surface area contributed by atoms with Crippen LogP contribution in [0.4, 0.5) is 0 Å². The molecule has 164 valence electrons. The van der Waals surface area contributed by atoms with Crippen LogP contribution in [0.15, 0.2) is 24.3 Å². The van der Waals surface area contributed by atoms with Crippen LogP contribution in [0.25, 0.3) is 0 Å². The molecule has 0 radical (unpaired) electrons. The summed E-state index contributed by atoms with van der Waals surface area (Å²) < 4.78 is 0. The second-order valence-corrected chi connectivity index (χ2v) is 9.44. The Balaban J connectivity index is 0.000000252. The van der Waals surface area contributed by atoms with Gasteiger partial charge in [0, 0.05) is 64.9 Å². The van der Waals surface area contributed by atoms with E-state index in [9.17, 15) is 0 Å². The molecule has 0 atom stereocenters. The van der Waals surface area contributed by atoms with Gasteiger partial charge in [-0.25, -0.2) is 0 Å². The summed E-state index contributed by atoms with van der Waals surface area (Å²) in [5, 5.41) is 0. The second-order valence-electron chi connectivity index (χ2n) is 9.44. The Morgan fingerprint density at radius 2 is 1.10 bits per heavy atom. The summed E-state index contributed by atoms with van der Waals surface area (Å²) in [4.78, 5) is 12.5. The number of hydrogen-bond acceptors (Lipinski definition) is 5. The number of piperazine rings is 2. The molecule has 0 saturated carbocycles. The van der Waals surface area contributed by atoms with Crippen molar-refractivity contribution in [1.82, 2.24) is 24.5 Å². The number of nitrogens with zero attached hydrogens (tertiary/aromatic N) is 5. The average Bonchev–Trinajstić information content (AvgIpc) is 2.74. The molecule has 3 aliphatic rings. The molecular weight excluding hydrogens is 358 g/mol. The first-order chi connectivity index (χ1) is 14.0. The third-order valence-corrected chi connectivity index (χ3v) is 6.87. The summed E-state index contributed by atoms with van der Waals surface area (Å²) in [5.74, 6) is 0. The molecule has 0 unspecified atom stereocenters. The number of benzene rings is 1. The van der Waals surface area contributed by atoms with Crippen molar-refractivity contribution in [3.63, 3.8) is 0 Å². The van der Waals surface area contributed by atoms with Crippen molar-refractivity contribution in [3.05, 3.63) is 35.4 Å². The lowest BCUT2D eigenvalue weighted by molar-refractivity contribution is 0.0658. The van der Waals surface area contributed by atoms with Crippen LogP contribution in [0, 0.1) is 6.92 Å². The fourth-order valence-electron chi connectivity index (χ4n) is 4.49. The highest BCUT2D eigenvalue weighted by Gasteiger charge is 2.26. The molecule has 0 aliphatic carbocycles. The van der Waals surface area contributed by atoms with Crippen molar-refractivity contribution in [2.75, 3.05) is 86.6 Å². The predicted octanol–water partition coefficient (Wildman–Crippen LogP) is 2.07. The van der Waals surface area contributed by atoms with Crippen LogP contribution < -0.4 is 0 Å². The van der Waals surface area contributed by atoms with Crippen molar-refractivity contribution in [3.8, 4) is 0 Å². The topological polar surface area (TPSA) is 16.2 Å². The van der Waals surface area contributed by atoms with Gasteiger partial charge in [0.25, 0.3) is 0 Å². The zero-order valence-electron chi connectivity index (χ0n) is 19.3. The third kappa shape index (κ3) is 7.65. The van der Waals surface area contributed by atoms with Gasteiger partial charge in [0.15, 0.2) is 0 Å². The molecule has 3 heterocycles. The van der Waals surface area contributed by atoms with Gasteiger partial charge < -0.3 is 14.7 Å². The number of likely N-dealkylation sites (N-methyl/N-ethyl adjacent to an activating group) is 3. The van der Waals surface area contributed by atoms with Crippen LogP contribution in [-0.4, -0.2) is 117 Å². The fraction of sp³-hybridized carbons (Fsp3) is 0.750. The van der Waals surface area contributed by atoms with Crippen molar-refractivity contribution < 1.29 is 0 Å². The maximum absolute atomic E-state index is 2.73. The summed E-state index contributed by atoms with van der Waals surface area (Å²) in [6.07, 6.45) is 2.69. The Kier molecular flexibility index (Phi) is 8.94. The number of aryl methyl sites for hydroxylation is 1. The van der Waals surface area contributed by atoms with Gasteiger partial charge in [-0.15, -0.1) is 0 Å². The third-order valence-electron chi connectivity index (χ3n) is 6.87. The molecule has 0 N–H and O–H groups in total. The summed E-state index contributed by atoms with van der Waals surface area (Å²) >= 11 is 0. The van der Waals surface area contributed by atoms with Gasteiger partial charge in [-0.05, 0) is 59.6 Å². The molecular formula is C24H43N5. The minimum atomic E-state index is 0.827. The molecule has 0 aromatic heterocycles. The monoisotopic (exact) mass is 401 g/mol. The SMILES string of the molecule is CN1CCN(C)CC1.Cc1ccc(CN2CCC(N3CCN(C)CC3)CC2)cc1. The van der Waals surface area contributed by atoms with E-state index < -0.39 is 0 Å². The molecule has 29 heavy (non-hydrogen) atoms. The first kappa shape index (κ1) is 22.7. The molecule has 4 rings (SSSR count). The van der Waals surface area contributed by atoms with E-state index in [4.69, 9.17) is 0 Å². The van der Waals surface area contributed by atoms with E-state index in [1.165, 1.54) is 89.4 Å². The highest BCUT2D eigenvalue weighted by atomic mass is 15.3. The predicted molar refractivity (Wildman–Crippen MR) is 124 cm³/mol. The van der Waals surface area contributed by atoms with Crippen LogP contribution in [-0.2, 0) is 6.54 Å². The van der Waals surface area contributed by atoms with Gasteiger partial charge in [0.1, 0.15) is 0 Å². The van der Waals surface area contributed by atoms with Crippen LogP contribution in [0.5, 0.6) is 0 Å². The molecule has 3 fully saturated rings. The van der Waals surface area contributed by atoms with Gasteiger partial charge in [-0.1, -0.05) is 29.8 Å². The second kappa shape index (κ2) is 11.4. The molecule has 1 aromatic carbocycles. The van der Waals surface area contributed by atoms with E-state index in [0.717, 1.165) is 12.6 Å². The zero-order valence-corrected chi connectivity index (χ0v) is 19.3. The number of piperidine rings is 1. The highest BCUT2D eigenvalue weighted by molar-refractivity contribution is 5.21. The van der Waals surface area contributed by atoms with Crippen molar-refractivity contribution in [2.24, 2.45) is 0 Å². The van der Waals surface area contributed by atoms with E-state index >= 15 is 0 Å². The molecule has 1 aromatic rings. The van der Waals surface area contributed by atoms with Crippen molar-refractivity contribution in [2.45, 2.75) is 32.4 Å². The fourth-order valence-corrected chi connectivity index (χ4v) is 4.49. The molecule has 3 aliphatic heterocycles. The Labute approximate surface area is 179 Å². The van der Waals surface area contributed by atoms with Crippen LogP contribution in [0.1, 0.15) is 24.0 Å². The Bertz CT molecular complexity index is 555. The molecule has 5 heteroatoms. The minimum absolute atomic E-state index is 0.827. The smallest absolute Gasteiger partial charge is 0.0233 e. The summed E-state index contributed by atoms with van der Waals surface area (Å²) in [6, 6.07) is 9.84. The highest BCUT2D eigenvalue weighted by Crippen LogP contribution is 2.19. The molecule has 5 nitrogen and oxygen atoms in total. The molecule has 0 spiro atoms. The van der Waals surface area contributed by atoms with Crippen LogP contribution >= 0.6 is 0 Å². The van der Waals surface area contributed by atoms with Gasteiger partial charge in [0.2, 0.25) is 0 Å². The Hall–Kier alpha value is -0.980. The normalized spacial score (nSPS) is 24.3. The summed E-state index contributed by atoms with van der Waals surface area (Å²) in [6.45, 7) is 15.7. The first-order valence-electron chi connectivity index (χ1n) is 11.6. The first-order valence-corrected chi connectivity index (χ1v) is 11.6. The van der Waals surface area contributed by atoms with E-state index in [-0.39, 0.29) is 0 Å². The number of rotatable bonds is 3. The Morgan fingerprint density at radius 1 is 0.655 bits per heavy atom. The lowest BCUT2D eigenvalue weighted by atomic mass is 10.0. The van der Waals surface area contributed by atoms with E-state index in [2.05, 4.69) is 76.8 Å². The quantitative estimate of drug-likeness (QED) is 0.768. The zero-order chi connectivity index (χ0) is 20.6. The lowest BCUT2D eigenvalue weighted by Gasteiger charge is -2.42. The lowest BCUT2D eigenvalue weighted by Crippen LogP contribution is -2.52. The molecule has 0 amide bonds. The van der Waals surface area contributed by atoms with E-state index in [0.29, 0.717) is 0 Å². The maximum Gasteiger partial charge on any atom is 0.0233 e. The van der Waals surface area contributed by atoms with Gasteiger partial charge in [-0.2, -0.15) is 0 Å². The maximum atomic E-state index is 2.73. The summed E-state index contributed by atoms with van der Waals surface area (Å²) in [5.41, 5.74) is 2.81. The Morgan fingerprint density at radius 3 is 1.59 bits per heavy atom. The molecule has 0 bridgehead atoms. The minimum Gasteiger partial charge on any atom is -0.304 e. The van der Waals surface area contributed by atoms with Crippen molar-refractivity contribution >= 4 is 0 Å². The molecule has 3 saturated heterocycles. The van der Waals surface area contributed by atoms with Crippen molar-refractivity contribution in [1.29, 1.82) is 0 Å². The number of hydrogen-bond donors (Lipinski definition) is 0. The van der Waals surface area contributed by atoms with E-state index in [1.807, 2.05) is 0 Å².